The van der Waals surface area contributed by atoms with Crippen molar-refractivity contribution >= 4 is 22.5 Å². The first kappa shape index (κ1) is 12.8. The van der Waals surface area contributed by atoms with E-state index in [1.165, 1.54) is 24.3 Å². The summed E-state index contributed by atoms with van der Waals surface area (Å²) in [5.41, 5.74) is 1.47. The van der Waals surface area contributed by atoms with Gasteiger partial charge in [-0.2, -0.15) is 0 Å². The fourth-order valence-electron chi connectivity index (χ4n) is 2.07. The maximum Gasteiger partial charge on any atom is 0.323 e. The van der Waals surface area contributed by atoms with Crippen molar-refractivity contribution in [2.45, 2.75) is 0 Å². The minimum absolute atomic E-state index is 0.0723. The van der Waals surface area contributed by atoms with Gasteiger partial charge in [0.2, 0.25) is 0 Å². The number of nitrogens with zero attached hydrogens (tertiary/aromatic N) is 1. The average molecular weight is 283 g/mol. The van der Waals surface area contributed by atoms with Crippen LogP contribution in [0.2, 0.25) is 0 Å². The molecule has 0 atom stereocenters. The van der Waals surface area contributed by atoms with Crippen LogP contribution in [0.4, 0.5) is 5.69 Å². The summed E-state index contributed by atoms with van der Waals surface area (Å²) in [6.45, 7) is 0. The number of aromatic amines is 2. The van der Waals surface area contributed by atoms with E-state index in [0.717, 1.165) is 0 Å². The second-order valence-corrected chi connectivity index (χ2v) is 4.47. The van der Waals surface area contributed by atoms with E-state index in [1.54, 1.807) is 18.2 Å². The molecule has 2 N–H and O–H groups in total. The molecule has 0 fully saturated rings. The topological polar surface area (TPSA) is 109 Å². The van der Waals surface area contributed by atoms with E-state index in [9.17, 15) is 19.7 Å². The lowest BCUT2D eigenvalue weighted by molar-refractivity contribution is -0.384. The molecule has 0 aliphatic rings. The number of hydrogen-bond donors (Lipinski definition) is 2. The standard InChI is InChI=1S/C14H9N3O4/c18-13(8-1-4-10(5-2-8)17(20)21)9-3-6-11-12(7-9)16-14(19)15-11/h1-7H,(H2,15,16,19). The zero-order chi connectivity index (χ0) is 15.0. The highest BCUT2D eigenvalue weighted by Gasteiger charge is 2.12. The second-order valence-electron chi connectivity index (χ2n) is 4.47. The van der Waals surface area contributed by atoms with Crippen molar-refractivity contribution in [2.75, 3.05) is 0 Å². The van der Waals surface area contributed by atoms with Gasteiger partial charge in [-0.25, -0.2) is 4.79 Å². The molecular formula is C14H9N3O4. The first-order valence-electron chi connectivity index (χ1n) is 6.06. The number of hydrogen-bond acceptors (Lipinski definition) is 4. The number of benzene rings is 2. The molecule has 0 radical (unpaired) electrons. The van der Waals surface area contributed by atoms with Crippen molar-refractivity contribution < 1.29 is 9.72 Å². The molecule has 3 rings (SSSR count). The van der Waals surface area contributed by atoms with Crippen molar-refractivity contribution in [3.63, 3.8) is 0 Å². The summed E-state index contributed by atoms with van der Waals surface area (Å²) in [4.78, 5) is 38.7. The minimum Gasteiger partial charge on any atom is -0.306 e. The number of imidazole rings is 1. The lowest BCUT2D eigenvalue weighted by Gasteiger charge is -2.01. The van der Waals surface area contributed by atoms with E-state index in [0.29, 0.717) is 22.2 Å². The van der Waals surface area contributed by atoms with Crippen molar-refractivity contribution in [1.29, 1.82) is 0 Å². The molecule has 0 saturated carbocycles. The number of fused-ring (bicyclic) bond motifs is 1. The number of nitrogens with one attached hydrogen (secondary N) is 2. The molecule has 0 unspecified atom stereocenters. The second kappa shape index (κ2) is 4.71. The van der Waals surface area contributed by atoms with Crippen molar-refractivity contribution in [2.24, 2.45) is 0 Å². The van der Waals surface area contributed by atoms with Gasteiger partial charge in [0, 0.05) is 23.3 Å². The molecule has 3 aromatic rings. The molecule has 1 heterocycles. The summed E-state index contributed by atoms with van der Waals surface area (Å²) in [5, 5.41) is 10.6. The van der Waals surface area contributed by atoms with E-state index < -0.39 is 4.92 Å². The summed E-state index contributed by atoms with van der Waals surface area (Å²) < 4.78 is 0. The molecule has 1 aromatic heterocycles. The maximum atomic E-state index is 12.3. The number of ketones is 1. The highest BCUT2D eigenvalue weighted by molar-refractivity contribution is 6.10. The fraction of sp³-hybridized carbons (Fsp3) is 0. The number of aromatic nitrogens is 2. The summed E-state index contributed by atoms with van der Waals surface area (Å²) in [6.07, 6.45) is 0. The van der Waals surface area contributed by atoms with E-state index in [1.807, 2.05) is 0 Å². The van der Waals surface area contributed by atoms with Crippen molar-refractivity contribution in [3.8, 4) is 0 Å². The Kier molecular flexibility index (Phi) is 2.87. The van der Waals surface area contributed by atoms with E-state index in [2.05, 4.69) is 9.97 Å². The van der Waals surface area contributed by atoms with Gasteiger partial charge >= 0.3 is 5.69 Å². The lowest BCUT2D eigenvalue weighted by Crippen LogP contribution is -2.01. The molecule has 7 heteroatoms. The van der Waals surface area contributed by atoms with Crippen LogP contribution in [-0.4, -0.2) is 20.7 Å². The Balaban J connectivity index is 1.99. The Labute approximate surface area is 117 Å². The third-order valence-corrected chi connectivity index (χ3v) is 3.12. The lowest BCUT2D eigenvalue weighted by atomic mass is 10.0. The molecule has 7 nitrogen and oxygen atoms in total. The highest BCUT2D eigenvalue weighted by Crippen LogP contribution is 2.17. The van der Waals surface area contributed by atoms with Gasteiger partial charge in [0.15, 0.2) is 5.78 Å². The van der Waals surface area contributed by atoms with Crippen LogP contribution >= 0.6 is 0 Å². The molecule has 0 bridgehead atoms. The molecule has 104 valence electrons. The predicted molar refractivity (Wildman–Crippen MR) is 75.4 cm³/mol. The monoisotopic (exact) mass is 283 g/mol. The number of rotatable bonds is 3. The molecule has 0 amide bonds. The first-order chi connectivity index (χ1) is 10.0. The number of nitro benzene ring substituents is 1. The van der Waals surface area contributed by atoms with Crippen LogP contribution in [0, 0.1) is 10.1 Å². The molecule has 0 saturated heterocycles. The van der Waals surface area contributed by atoms with Crippen LogP contribution in [-0.2, 0) is 0 Å². The predicted octanol–water partition coefficient (Wildman–Crippen LogP) is 2.00. The van der Waals surface area contributed by atoms with Crippen LogP contribution in [0.1, 0.15) is 15.9 Å². The molecule has 0 aliphatic carbocycles. The minimum atomic E-state index is -0.523. The van der Waals surface area contributed by atoms with Crippen LogP contribution in [0.15, 0.2) is 47.3 Å². The maximum absolute atomic E-state index is 12.3. The van der Waals surface area contributed by atoms with Gasteiger partial charge in [-0.05, 0) is 30.3 Å². The van der Waals surface area contributed by atoms with Crippen LogP contribution < -0.4 is 5.69 Å². The Hall–Kier alpha value is -3.22. The van der Waals surface area contributed by atoms with Crippen LogP contribution in [0.25, 0.3) is 11.0 Å². The Morgan fingerprint density at radius 3 is 2.24 bits per heavy atom. The Morgan fingerprint density at radius 1 is 0.952 bits per heavy atom. The van der Waals surface area contributed by atoms with Gasteiger partial charge in [0.05, 0.1) is 16.0 Å². The Morgan fingerprint density at radius 2 is 1.57 bits per heavy atom. The van der Waals surface area contributed by atoms with Gasteiger partial charge in [0.1, 0.15) is 0 Å². The Bertz CT molecular complexity index is 906. The average Bonchev–Trinajstić information content (AvgIpc) is 2.85. The zero-order valence-corrected chi connectivity index (χ0v) is 10.6. The van der Waals surface area contributed by atoms with Crippen molar-refractivity contribution in [3.05, 3.63) is 74.2 Å². The van der Waals surface area contributed by atoms with Gasteiger partial charge < -0.3 is 9.97 Å². The fourth-order valence-corrected chi connectivity index (χ4v) is 2.07. The van der Waals surface area contributed by atoms with Crippen molar-refractivity contribution in [1.82, 2.24) is 9.97 Å². The quantitative estimate of drug-likeness (QED) is 0.435. The zero-order valence-electron chi connectivity index (χ0n) is 10.6. The molecule has 0 spiro atoms. The number of non-ortho nitro benzene ring substituents is 1. The number of carbonyl (C=O) groups is 1. The molecule has 2 aromatic carbocycles. The molecule has 21 heavy (non-hydrogen) atoms. The van der Waals surface area contributed by atoms with Gasteiger partial charge in [-0.15, -0.1) is 0 Å². The summed E-state index contributed by atoms with van der Waals surface area (Å²) in [7, 11) is 0. The van der Waals surface area contributed by atoms with Crippen LogP contribution in [0.5, 0.6) is 0 Å². The largest absolute Gasteiger partial charge is 0.323 e. The third kappa shape index (κ3) is 2.32. The van der Waals surface area contributed by atoms with Gasteiger partial charge in [0.25, 0.3) is 5.69 Å². The first-order valence-corrected chi connectivity index (χ1v) is 6.06. The van der Waals surface area contributed by atoms with Crippen LogP contribution in [0.3, 0.4) is 0 Å². The summed E-state index contributed by atoms with van der Waals surface area (Å²) in [5.74, 6) is -0.270. The molecular weight excluding hydrogens is 274 g/mol. The third-order valence-electron chi connectivity index (χ3n) is 3.12. The smallest absolute Gasteiger partial charge is 0.306 e. The number of carbonyl (C=O) groups excluding carboxylic acids is 1. The van der Waals surface area contributed by atoms with Gasteiger partial charge in [-0.1, -0.05) is 0 Å². The summed E-state index contributed by atoms with van der Waals surface area (Å²) >= 11 is 0. The SMILES string of the molecule is O=C(c1ccc([N+](=O)[O-])cc1)c1ccc2[nH]c(=O)[nH]c2c1. The summed E-state index contributed by atoms with van der Waals surface area (Å²) in [6, 6.07) is 10.2. The number of H-pyrrole nitrogens is 2. The highest BCUT2D eigenvalue weighted by atomic mass is 16.6. The normalized spacial score (nSPS) is 10.7. The van der Waals surface area contributed by atoms with E-state index in [-0.39, 0.29) is 17.2 Å². The number of nitro groups is 1. The van der Waals surface area contributed by atoms with E-state index in [4.69, 9.17) is 0 Å². The molecule has 0 aliphatic heterocycles. The van der Waals surface area contributed by atoms with Gasteiger partial charge in [-0.3, -0.25) is 14.9 Å². The van der Waals surface area contributed by atoms with E-state index >= 15 is 0 Å².